The number of nitrogen functional groups attached to an aromatic ring is 1. The van der Waals surface area contributed by atoms with Crippen molar-refractivity contribution in [3.8, 4) is 11.1 Å². The Morgan fingerprint density at radius 2 is 1.76 bits per heavy atom. The number of ether oxygens (including phenoxy) is 1. The predicted molar refractivity (Wildman–Crippen MR) is 143 cm³/mol. The van der Waals surface area contributed by atoms with Gasteiger partial charge in [0.15, 0.2) is 0 Å². The quantitative estimate of drug-likeness (QED) is 0.206. The molecular weight excluding hydrogens is 441 g/mol. The van der Waals surface area contributed by atoms with Gasteiger partial charge in [-0.25, -0.2) is 0 Å². The molecular formula is C28H30N3O2P. The summed E-state index contributed by atoms with van der Waals surface area (Å²) in [6.45, 7) is 0.459. The molecule has 1 amide bonds. The van der Waals surface area contributed by atoms with Gasteiger partial charge in [0.25, 0.3) is 5.91 Å². The third kappa shape index (κ3) is 6.98. The molecule has 0 spiro atoms. The highest BCUT2D eigenvalue weighted by atomic mass is 31.1. The van der Waals surface area contributed by atoms with Crippen LogP contribution in [-0.2, 0) is 11.2 Å². The van der Waals surface area contributed by atoms with Gasteiger partial charge in [-0.3, -0.25) is 10.2 Å². The first-order valence-corrected chi connectivity index (χ1v) is 12.2. The Labute approximate surface area is 203 Å². The van der Waals surface area contributed by atoms with Crippen LogP contribution in [0.4, 0.5) is 0 Å². The van der Waals surface area contributed by atoms with E-state index in [4.69, 9.17) is 15.9 Å². The fourth-order valence-corrected chi connectivity index (χ4v) is 4.14. The highest BCUT2D eigenvalue weighted by molar-refractivity contribution is 7.40. The van der Waals surface area contributed by atoms with Crippen LogP contribution in [0.25, 0.3) is 11.1 Å². The minimum atomic E-state index is -0.253. The monoisotopic (exact) mass is 471 g/mol. The van der Waals surface area contributed by atoms with Crippen molar-refractivity contribution in [3.05, 3.63) is 107 Å². The Kier molecular flexibility index (Phi) is 9.33. The molecule has 34 heavy (non-hydrogen) atoms. The van der Waals surface area contributed by atoms with Crippen molar-refractivity contribution in [2.24, 2.45) is 11.7 Å². The lowest BCUT2D eigenvalue weighted by atomic mass is 9.91. The molecule has 0 aliphatic carbocycles. The van der Waals surface area contributed by atoms with Crippen molar-refractivity contribution in [1.82, 2.24) is 5.32 Å². The molecule has 0 aliphatic heterocycles. The van der Waals surface area contributed by atoms with Gasteiger partial charge in [-0.2, -0.15) is 0 Å². The molecule has 3 rings (SSSR count). The van der Waals surface area contributed by atoms with Crippen LogP contribution in [0.5, 0.6) is 0 Å². The van der Waals surface area contributed by atoms with Crippen molar-refractivity contribution >= 4 is 26.2 Å². The molecule has 3 aromatic rings. The number of hydrogen-bond acceptors (Lipinski definition) is 3. The zero-order chi connectivity index (χ0) is 24.3. The fraction of sp³-hybridized carbons (Fsp3) is 0.179. The summed E-state index contributed by atoms with van der Waals surface area (Å²) in [6.07, 6.45) is 6.49. The summed E-state index contributed by atoms with van der Waals surface area (Å²) in [5.41, 5.74) is 10.1. The maximum atomic E-state index is 13.1. The van der Waals surface area contributed by atoms with Crippen molar-refractivity contribution in [3.63, 3.8) is 0 Å². The molecule has 0 aliphatic rings. The van der Waals surface area contributed by atoms with E-state index in [1.807, 2.05) is 90.8 Å². The fourth-order valence-electron chi connectivity index (χ4n) is 3.83. The Morgan fingerprint density at radius 1 is 1.06 bits per heavy atom. The number of amidine groups is 1. The van der Waals surface area contributed by atoms with E-state index in [1.54, 1.807) is 7.11 Å². The summed E-state index contributed by atoms with van der Waals surface area (Å²) in [5.74, 6) is 1.80. The van der Waals surface area contributed by atoms with Crippen LogP contribution in [0.3, 0.4) is 0 Å². The molecule has 5 nitrogen and oxygen atoms in total. The van der Waals surface area contributed by atoms with Gasteiger partial charge < -0.3 is 15.8 Å². The molecule has 6 heteroatoms. The second-order valence-electron chi connectivity index (χ2n) is 8.00. The second kappa shape index (κ2) is 12.6. The number of rotatable bonds is 11. The SMILES string of the molecule is C=P/C=C/C(NC(=O)c1ccc(-c2ccccc2)cc1)[C@H](COC)Cc1cccc(C(=N)N)c1. The number of benzene rings is 3. The summed E-state index contributed by atoms with van der Waals surface area (Å²) >= 11 is 0. The molecule has 0 heterocycles. The summed E-state index contributed by atoms with van der Waals surface area (Å²) < 4.78 is 5.50. The summed E-state index contributed by atoms with van der Waals surface area (Å²) in [6, 6.07) is 25.1. The van der Waals surface area contributed by atoms with E-state index in [-0.39, 0.29) is 23.7 Å². The number of hydrogen-bond donors (Lipinski definition) is 3. The van der Waals surface area contributed by atoms with Gasteiger partial charge in [0, 0.05) is 24.2 Å². The Balaban J connectivity index is 1.79. The van der Waals surface area contributed by atoms with Crippen LogP contribution in [0.2, 0.25) is 0 Å². The van der Waals surface area contributed by atoms with Gasteiger partial charge in [0.05, 0.1) is 12.6 Å². The first-order chi connectivity index (χ1) is 16.5. The van der Waals surface area contributed by atoms with Crippen LogP contribution < -0.4 is 11.1 Å². The second-order valence-corrected chi connectivity index (χ2v) is 8.66. The van der Waals surface area contributed by atoms with E-state index in [9.17, 15) is 4.79 Å². The van der Waals surface area contributed by atoms with E-state index in [0.29, 0.717) is 24.2 Å². The van der Waals surface area contributed by atoms with E-state index in [0.717, 1.165) is 24.9 Å². The lowest BCUT2D eigenvalue weighted by molar-refractivity contribution is 0.0902. The van der Waals surface area contributed by atoms with Crippen LogP contribution in [-0.4, -0.2) is 37.8 Å². The number of amides is 1. The van der Waals surface area contributed by atoms with Crippen LogP contribution >= 0.6 is 8.20 Å². The molecule has 0 saturated carbocycles. The van der Waals surface area contributed by atoms with E-state index < -0.39 is 0 Å². The highest BCUT2D eigenvalue weighted by Gasteiger charge is 2.22. The van der Waals surface area contributed by atoms with E-state index in [1.165, 1.54) is 0 Å². The molecule has 4 N–H and O–H groups in total. The first-order valence-electron chi connectivity index (χ1n) is 11.0. The Hall–Kier alpha value is -3.53. The number of nitrogens with one attached hydrogen (secondary N) is 2. The van der Waals surface area contributed by atoms with Crippen molar-refractivity contribution < 1.29 is 9.53 Å². The number of carbonyl (C=O) groups excluding carboxylic acids is 1. The molecule has 0 bridgehead atoms. The van der Waals surface area contributed by atoms with Gasteiger partial charge in [-0.15, -0.1) is 0 Å². The first kappa shape index (κ1) is 25.1. The Bertz CT molecular complexity index is 1140. The number of nitrogens with two attached hydrogens (primary N) is 1. The highest BCUT2D eigenvalue weighted by Crippen LogP contribution is 2.21. The standard InChI is InChI=1S/C28H30N3O2P/c1-33-19-25(18-20-7-6-10-24(17-20)27(29)30)26(15-16-34-2)31-28(32)23-13-11-22(12-14-23)21-8-4-3-5-9-21/h3-17,25-26H,2,18-19H2,1H3,(H3,29,30)(H,31,32)/b16-15+/t25-,26?/m0/s1. The molecule has 0 aromatic heterocycles. The normalized spacial score (nSPS) is 13.0. The summed E-state index contributed by atoms with van der Waals surface area (Å²) in [4.78, 5) is 13.1. The number of carbonyl (C=O) groups is 1. The zero-order valence-corrected chi connectivity index (χ0v) is 20.2. The van der Waals surface area contributed by atoms with Gasteiger partial charge >= 0.3 is 0 Å². The Morgan fingerprint density at radius 3 is 2.41 bits per heavy atom. The van der Waals surface area contributed by atoms with E-state index >= 15 is 0 Å². The minimum absolute atomic E-state index is 0.0160. The molecule has 0 fully saturated rings. The predicted octanol–water partition coefficient (Wildman–Crippen LogP) is 5.13. The largest absolute Gasteiger partial charge is 0.384 e. The molecule has 3 aromatic carbocycles. The summed E-state index contributed by atoms with van der Waals surface area (Å²) in [5, 5.41) is 10.9. The molecule has 2 atom stereocenters. The van der Waals surface area contributed by atoms with Gasteiger partial charge in [0.2, 0.25) is 0 Å². The van der Waals surface area contributed by atoms with Crippen molar-refractivity contribution in [2.45, 2.75) is 12.5 Å². The zero-order valence-electron chi connectivity index (χ0n) is 19.3. The smallest absolute Gasteiger partial charge is 0.251 e. The lowest BCUT2D eigenvalue weighted by Gasteiger charge is -2.26. The van der Waals surface area contributed by atoms with Gasteiger partial charge in [-0.1, -0.05) is 81.2 Å². The molecule has 1 unspecified atom stereocenters. The maximum Gasteiger partial charge on any atom is 0.251 e. The molecule has 0 saturated heterocycles. The number of methoxy groups -OCH3 is 1. The average Bonchev–Trinajstić information content (AvgIpc) is 2.87. The molecule has 0 radical (unpaired) electrons. The van der Waals surface area contributed by atoms with Crippen LogP contribution in [0.1, 0.15) is 21.5 Å². The van der Waals surface area contributed by atoms with Crippen molar-refractivity contribution in [2.75, 3.05) is 13.7 Å². The van der Waals surface area contributed by atoms with Crippen molar-refractivity contribution in [1.29, 1.82) is 5.41 Å². The van der Waals surface area contributed by atoms with Gasteiger partial charge in [0.1, 0.15) is 5.84 Å². The molecule has 174 valence electrons. The van der Waals surface area contributed by atoms with Crippen LogP contribution in [0.15, 0.2) is 90.8 Å². The minimum Gasteiger partial charge on any atom is -0.384 e. The maximum absolute atomic E-state index is 13.1. The summed E-state index contributed by atoms with van der Waals surface area (Å²) in [7, 11) is 2.52. The average molecular weight is 472 g/mol. The topological polar surface area (TPSA) is 88.2 Å². The third-order valence-electron chi connectivity index (χ3n) is 5.58. The van der Waals surface area contributed by atoms with Gasteiger partial charge in [-0.05, 0) is 47.1 Å². The van der Waals surface area contributed by atoms with Crippen LogP contribution in [0, 0.1) is 11.3 Å². The third-order valence-corrected chi connectivity index (χ3v) is 5.96. The lowest BCUT2D eigenvalue weighted by Crippen LogP contribution is -2.41. The van der Waals surface area contributed by atoms with E-state index in [2.05, 4.69) is 11.6 Å².